The van der Waals surface area contributed by atoms with Gasteiger partial charge in [-0.1, -0.05) is 72.5 Å². The van der Waals surface area contributed by atoms with E-state index in [1.807, 2.05) is 11.6 Å². The number of aromatic nitrogens is 2. The predicted molar refractivity (Wildman–Crippen MR) is 154 cm³/mol. The highest BCUT2D eigenvalue weighted by molar-refractivity contribution is 7.89. The van der Waals surface area contributed by atoms with Gasteiger partial charge in [0.05, 0.1) is 29.3 Å². The maximum Gasteiger partial charge on any atom is 0.233 e. The van der Waals surface area contributed by atoms with Crippen LogP contribution in [0.4, 0.5) is 5.82 Å². The molecule has 1 N–H and O–H groups in total. The van der Waals surface area contributed by atoms with E-state index in [9.17, 15) is 18.0 Å². The van der Waals surface area contributed by atoms with Gasteiger partial charge in [0.2, 0.25) is 15.9 Å². The number of rotatable bonds is 11. The summed E-state index contributed by atoms with van der Waals surface area (Å²) in [5.41, 5.74) is 6.57. The Labute approximate surface area is 230 Å². The highest BCUT2D eigenvalue weighted by Crippen LogP contribution is 2.38. The first-order valence-electron chi connectivity index (χ1n) is 13.4. The van der Waals surface area contributed by atoms with Crippen molar-refractivity contribution in [1.82, 2.24) is 14.7 Å². The molecule has 0 radical (unpaired) electrons. The average Bonchev–Trinajstić information content (AvgIpc) is 2.90. The van der Waals surface area contributed by atoms with E-state index in [0.717, 1.165) is 90.0 Å². The Morgan fingerprint density at radius 2 is 1.49 bits per heavy atom. The third kappa shape index (κ3) is 7.50. The first kappa shape index (κ1) is 28.4. The summed E-state index contributed by atoms with van der Waals surface area (Å²) in [6.45, 7) is 5.59. The normalized spacial score (nSPS) is 15.1. The third-order valence-corrected chi connectivity index (χ3v) is 7.56. The molecule has 8 nitrogen and oxygen atoms in total. The largest absolute Gasteiger partial charge is 0.355 e. The van der Waals surface area contributed by atoms with E-state index in [1.54, 1.807) is 0 Å². The number of nitrogens with zero attached hydrogens (tertiary/aromatic N) is 3. The van der Waals surface area contributed by atoms with Gasteiger partial charge in [-0.15, -0.1) is 0 Å². The molecule has 2 aromatic carbocycles. The molecule has 0 unspecified atom stereocenters. The zero-order valence-electron chi connectivity index (χ0n) is 22.8. The number of sulfonamides is 1. The van der Waals surface area contributed by atoms with Gasteiger partial charge >= 0.3 is 0 Å². The van der Waals surface area contributed by atoms with Gasteiger partial charge in [0.25, 0.3) is 0 Å². The number of fused-ring (bicyclic) bond motifs is 1. The van der Waals surface area contributed by atoms with Crippen LogP contribution in [0.5, 0.6) is 0 Å². The second kappa shape index (κ2) is 12.5. The standard InChI is InChI=1S/C30H36N4O4S/c1-21-9-13-23(14-10-21)27-28(24-15-11-22(2)12-16-24)32-30-29(31-27)25(20-35)17-19-34(30)18-7-5-4-6-8-26(36)33-39(3,37)38/h9-16,20,25H,4-8,17-19H2,1-3H3,(H,33,36)/t25-/m1/s1. The van der Waals surface area contributed by atoms with Gasteiger partial charge in [0.15, 0.2) is 5.82 Å². The van der Waals surface area contributed by atoms with Crippen LogP contribution < -0.4 is 9.62 Å². The summed E-state index contributed by atoms with van der Waals surface area (Å²) >= 11 is 0. The van der Waals surface area contributed by atoms with Gasteiger partial charge in [-0.25, -0.2) is 18.4 Å². The van der Waals surface area contributed by atoms with Crippen molar-refractivity contribution in [2.75, 3.05) is 24.2 Å². The fourth-order valence-corrected chi connectivity index (χ4v) is 5.35. The van der Waals surface area contributed by atoms with Gasteiger partial charge in [-0.3, -0.25) is 9.52 Å². The average molecular weight is 549 g/mol. The Hall–Kier alpha value is -3.59. The zero-order valence-corrected chi connectivity index (χ0v) is 23.6. The van der Waals surface area contributed by atoms with Crippen LogP contribution in [0.2, 0.25) is 0 Å². The molecule has 0 saturated carbocycles. The van der Waals surface area contributed by atoms with Crippen LogP contribution in [-0.2, 0) is 19.6 Å². The molecule has 0 fully saturated rings. The number of carbonyl (C=O) groups excluding carboxylic acids is 2. The number of amides is 1. The number of aryl methyl sites for hydroxylation is 2. The first-order valence-corrected chi connectivity index (χ1v) is 15.3. The molecular formula is C30H36N4O4S. The Morgan fingerprint density at radius 3 is 2.05 bits per heavy atom. The number of anilines is 1. The Morgan fingerprint density at radius 1 is 0.923 bits per heavy atom. The third-order valence-electron chi connectivity index (χ3n) is 6.96. The van der Waals surface area contributed by atoms with E-state index in [2.05, 4.69) is 60.4 Å². The molecule has 9 heteroatoms. The predicted octanol–water partition coefficient (Wildman–Crippen LogP) is 4.95. The van der Waals surface area contributed by atoms with E-state index in [1.165, 1.54) is 0 Å². The number of hydrogen-bond acceptors (Lipinski definition) is 7. The monoisotopic (exact) mass is 548 g/mol. The topological polar surface area (TPSA) is 109 Å². The summed E-state index contributed by atoms with van der Waals surface area (Å²) in [5, 5.41) is 0. The van der Waals surface area contributed by atoms with E-state index in [4.69, 9.17) is 9.97 Å². The Kier molecular flexibility index (Phi) is 9.12. The second-order valence-electron chi connectivity index (χ2n) is 10.3. The summed E-state index contributed by atoms with van der Waals surface area (Å²) in [6, 6.07) is 16.5. The Bertz CT molecular complexity index is 1420. The van der Waals surface area contributed by atoms with Crippen LogP contribution in [-0.4, -0.2) is 49.9 Å². The molecule has 2 heterocycles. The molecule has 1 aromatic heterocycles. The molecule has 39 heavy (non-hydrogen) atoms. The van der Waals surface area contributed by atoms with E-state index in [-0.39, 0.29) is 12.3 Å². The lowest BCUT2D eigenvalue weighted by atomic mass is 9.95. The molecule has 0 aliphatic carbocycles. The number of aldehydes is 1. The molecule has 0 spiro atoms. The van der Waals surface area contributed by atoms with Crippen molar-refractivity contribution in [1.29, 1.82) is 0 Å². The van der Waals surface area contributed by atoms with Crippen molar-refractivity contribution in [2.45, 2.75) is 58.3 Å². The lowest BCUT2D eigenvalue weighted by molar-refractivity contribution is -0.119. The second-order valence-corrected chi connectivity index (χ2v) is 12.1. The van der Waals surface area contributed by atoms with Crippen LogP contribution in [0.1, 0.15) is 61.3 Å². The summed E-state index contributed by atoms with van der Waals surface area (Å²) < 4.78 is 24.3. The summed E-state index contributed by atoms with van der Waals surface area (Å²) in [7, 11) is -3.51. The molecule has 0 saturated heterocycles. The molecule has 1 atom stereocenters. The maximum absolute atomic E-state index is 12.0. The van der Waals surface area contributed by atoms with Crippen LogP contribution in [0, 0.1) is 13.8 Å². The molecule has 1 aliphatic heterocycles. The van der Waals surface area contributed by atoms with Crippen LogP contribution >= 0.6 is 0 Å². The quantitative estimate of drug-likeness (QED) is 0.267. The lowest BCUT2D eigenvalue weighted by Gasteiger charge is -2.33. The van der Waals surface area contributed by atoms with E-state index in [0.29, 0.717) is 12.8 Å². The van der Waals surface area contributed by atoms with Crippen molar-refractivity contribution < 1.29 is 18.0 Å². The molecule has 1 aliphatic rings. The SMILES string of the molecule is Cc1ccc(-c2nc3c(nc2-c2ccc(C)cc2)N(CCCCCCC(=O)NS(C)(=O)=O)CC[C@@H]3C=O)cc1. The van der Waals surface area contributed by atoms with Gasteiger partial charge in [0.1, 0.15) is 6.29 Å². The van der Waals surface area contributed by atoms with Crippen molar-refractivity contribution >= 4 is 28.0 Å². The first-order chi connectivity index (χ1) is 18.6. The minimum Gasteiger partial charge on any atom is -0.355 e. The maximum atomic E-state index is 12.0. The highest BCUT2D eigenvalue weighted by atomic mass is 32.2. The summed E-state index contributed by atoms with van der Waals surface area (Å²) in [4.78, 5) is 36.2. The summed E-state index contributed by atoms with van der Waals surface area (Å²) in [5.74, 6) is -0.00339. The van der Waals surface area contributed by atoms with Crippen LogP contribution in [0.15, 0.2) is 48.5 Å². The minimum atomic E-state index is -3.51. The fourth-order valence-electron chi connectivity index (χ4n) is 4.83. The Balaban J connectivity index is 1.55. The van der Waals surface area contributed by atoms with Gasteiger partial charge in [0, 0.05) is 30.6 Å². The van der Waals surface area contributed by atoms with E-state index >= 15 is 0 Å². The number of nitrogens with one attached hydrogen (secondary N) is 1. The van der Waals surface area contributed by atoms with Crippen molar-refractivity contribution in [2.24, 2.45) is 0 Å². The lowest BCUT2D eigenvalue weighted by Crippen LogP contribution is -2.34. The number of unbranched alkanes of at least 4 members (excludes halogenated alkanes) is 3. The molecule has 3 aromatic rings. The molecule has 1 amide bonds. The van der Waals surface area contributed by atoms with Crippen molar-refractivity contribution in [3.63, 3.8) is 0 Å². The molecule has 4 rings (SSSR count). The number of hydrogen-bond donors (Lipinski definition) is 1. The smallest absolute Gasteiger partial charge is 0.233 e. The zero-order chi connectivity index (χ0) is 28.0. The van der Waals surface area contributed by atoms with Crippen molar-refractivity contribution in [3.05, 3.63) is 65.4 Å². The number of benzene rings is 2. The van der Waals surface area contributed by atoms with Crippen LogP contribution in [0.3, 0.4) is 0 Å². The van der Waals surface area contributed by atoms with Crippen molar-refractivity contribution in [3.8, 4) is 22.5 Å². The number of carbonyl (C=O) groups is 2. The molecular weight excluding hydrogens is 512 g/mol. The fraction of sp³-hybridized carbons (Fsp3) is 0.400. The van der Waals surface area contributed by atoms with Crippen LogP contribution in [0.25, 0.3) is 22.5 Å². The van der Waals surface area contributed by atoms with Gasteiger partial charge in [-0.2, -0.15) is 0 Å². The minimum absolute atomic E-state index is 0.188. The van der Waals surface area contributed by atoms with E-state index < -0.39 is 15.9 Å². The summed E-state index contributed by atoms with van der Waals surface area (Å²) in [6.07, 6.45) is 6.07. The van der Waals surface area contributed by atoms with Gasteiger partial charge < -0.3 is 9.69 Å². The highest BCUT2D eigenvalue weighted by Gasteiger charge is 2.30. The molecule has 0 bridgehead atoms. The van der Waals surface area contributed by atoms with Gasteiger partial charge in [-0.05, 0) is 33.1 Å². The molecule has 206 valence electrons.